The van der Waals surface area contributed by atoms with Gasteiger partial charge in [0.05, 0.1) is 13.2 Å². The Bertz CT molecular complexity index is 571. The van der Waals surface area contributed by atoms with Crippen LogP contribution >= 0.6 is 0 Å². The van der Waals surface area contributed by atoms with Crippen LogP contribution in [-0.2, 0) is 11.8 Å². The average Bonchev–Trinajstić information content (AvgIpc) is 2.47. The summed E-state index contributed by atoms with van der Waals surface area (Å²) in [7, 11) is 0. The van der Waals surface area contributed by atoms with Crippen LogP contribution in [0.2, 0.25) is 0 Å². The topological polar surface area (TPSA) is 40.5 Å². The Morgan fingerprint density at radius 3 is 2.20 bits per heavy atom. The first-order valence-corrected chi connectivity index (χ1v) is 6.95. The normalized spacial score (nSPS) is 11.6. The zero-order valence-electron chi connectivity index (χ0n) is 12.1. The molecule has 2 N–H and O–H groups in total. The van der Waals surface area contributed by atoms with E-state index in [9.17, 15) is 10.2 Å². The standard InChI is InChI=1S/C18H22O2/c1-14-6-5-9-17(10-14)18(12-19,13-20)11-16-8-4-3-7-15(16)2/h3-10,19-20H,11-13H2,1-2H3. The number of benzene rings is 2. The zero-order chi connectivity index (χ0) is 14.6. The van der Waals surface area contributed by atoms with E-state index in [1.807, 2.05) is 43.3 Å². The first-order valence-electron chi connectivity index (χ1n) is 6.95. The van der Waals surface area contributed by atoms with Gasteiger partial charge >= 0.3 is 0 Å². The predicted octanol–water partition coefficient (Wildman–Crippen LogP) is 2.77. The Labute approximate surface area is 120 Å². The van der Waals surface area contributed by atoms with Gasteiger partial charge in [-0.05, 0) is 37.0 Å². The van der Waals surface area contributed by atoms with Crippen molar-refractivity contribution in [3.05, 3.63) is 70.8 Å². The van der Waals surface area contributed by atoms with Gasteiger partial charge in [0.2, 0.25) is 0 Å². The molecule has 0 aromatic heterocycles. The zero-order valence-corrected chi connectivity index (χ0v) is 12.1. The SMILES string of the molecule is Cc1cccc(C(CO)(CO)Cc2ccccc2C)c1. The largest absolute Gasteiger partial charge is 0.395 e. The van der Waals surface area contributed by atoms with Gasteiger partial charge in [0, 0.05) is 5.41 Å². The van der Waals surface area contributed by atoms with E-state index in [0.29, 0.717) is 6.42 Å². The molecule has 0 bridgehead atoms. The molecule has 0 aliphatic carbocycles. The minimum atomic E-state index is -0.627. The lowest BCUT2D eigenvalue weighted by Crippen LogP contribution is -2.37. The third-order valence-corrected chi connectivity index (χ3v) is 4.03. The molecule has 20 heavy (non-hydrogen) atoms. The molecule has 2 rings (SSSR count). The lowest BCUT2D eigenvalue weighted by atomic mass is 9.75. The number of aliphatic hydroxyl groups is 2. The second kappa shape index (κ2) is 6.21. The molecule has 0 radical (unpaired) electrons. The van der Waals surface area contributed by atoms with Crippen molar-refractivity contribution in [2.24, 2.45) is 0 Å². The molecule has 2 aromatic carbocycles. The van der Waals surface area contributed by atoms with E-state index in [0.717, 1.165) is 16.7 Å². The Morgan fingerprint density at radius 1 is 0.900 bits per heavy atom. The maximum Gasteiger partial charge on any atom is 0.0553 e. The van der Waals surface area contributed by atoms with Gasteiger partial charge in [-0.3, -0.25) is 0 Å². The summed E-state index contributed by atoms with van der Waals surface area (Å²) >= 11 is 0. The van der Waals surface area contributed by atoms with Crippen LogP contribution in [0.3, 0.4) is 0 Å². The fraction of sp³-hybridized carbons (Fsp3) is 0.333. The van der Waals surface area contributed by atoms with Crippen LogP contribution in [0.25, 0.3) is 0 Å². The lowest BCUT2D eigenvalue weighted by molar-refractivity contribution is 0.116. The Balaban J connectivity index is 2.42. The molecule has 2 nitrogen and oxygen atoms in total. The minimum absolute atomic E-state index is 0.0682. The van der Waals surface area contributed by atoms with Crippen LogP contribution in [0.5, 0.6) is 0 Å². The molecule has 2 heteroatoms. The Morgan fingerprint density at radius 2 is 1.60 bits per heavy atom. The lowest BCUT2D eigenvalue weighted by Gasteiger charge is -2.31. The highest BCUT2D eigenvalue weighted by Gasteiger charge is 2.31. The number of hydrogen-bond donors (Lipinski definition) is 2. The predicted molar refractivity (Wildman–Crippen MR) is 81.9 cm³/mol. The Kier molecular flexibility index (Phi) is 4.58. The van der Waals surface area contributed by atoms with Crippen molar-refractivity contribution in [1.29, 1.82) is 0 Å². The summed E-state index contributed by atoms with van der Waals surface area (Å²) in [6.07, 6.45) is 0.635. The average molecular weight is 270 g/mol. The van der Waals surface area contributed by atoms with Crippen LogP contribution in [0.4, 0.5) is 0 Å². The van der Waals surface area contributed by atoms with Gasteiger partial charge in [-0.15, -0.1) is 0 Å². The molecule has 0 aliphatic rings. The van der Waals surface area contributed by atoms with Gasteiger partial charge in [0.25, 0.3) is 0 Å². The van der Waals surface area contributed by atoms with E-state index in [-0.39, 0.29) is 13.2 Å². The van der Waals surface area contributed by atoms with E-state index in [2.05, 4.69) is 19.1 Å². The molecule has 0 heterocycles. The highest BCUT2D eigenvalue weighted by Crippen LogP contribution is 2.29. The fourth-order valence-electron chi connectivity index (χ4n) is 2.59. The van der Waals surface area contributed by atoms with Crippen molar-refractivity contribution < 1.29 is 10.2 Å². The highest BCUT2D eigenvalue weighted by atomic mass is 16.3. The molecule has 0 fully saturated rings. The molecule has 2 aromatic rings. The summed E-state index contributed by atoms with van der Waals surface area (Å²) in [5, 5.41) is 19.8. The van der Waals surface area contributed by atoms with Crippen molar-refractivity contribution >= 4 is 0 Å². The first-order chi connectivity index (χ1) is 9.61. The van der Waals surface area contributed by atoms with E-state index >= 15 is 0 Å². The summed E-state index contributed by atoms with van der Waals surface area (Å²) < 4.78 is 0. The molecule has 0 saturated heterocycles. The quantitative estimate of drug-likeness (QED) is 0.877. The van der Waals surface area contributed by atoms with E-state index in [1.54, 1.807) is 0 Å². The van der Waals surface area contributed by atoms with Crippen LogP contribution in [-0.4, -0.2) is 23.4 Å². The summed E-state index contributed by atoms with van der Waals surface area (Å²) in [6, 6.07) is 16.2. The molecule has 0 unspecified atom stereocenters. The molecule has 0 aliphatic heterocycles. The van der Waals surface area contributed by atoms with Crippen LogP contribution in [0.15, 0.2) is 48.5 Å². The molecular formula is C18H22O2. The van der Waals surface area contributed by atoms with Crippen molar-refractivity contribution in [1.82, 2.24) is 0 Å². The van der Waals surface area contributed by atoms with E-state index < -0.39 is 5.41 Å². The van der Waals surface area contributed by atoms with Gasteiger partial charge in [-0.2, -0.15) is 0 Å². The summed E-state index contributed by atoms with van der Waals surface area (Å²) in [4.78, 5) is 0. The summed E-state index contributed by atoms with van der Waals surface area (Å²) in [5.41, 5.74) is 3.85. The smallest absolute Gasteiger partial charge is 0.0553 e. The molecule has 0 amide bonds. The third-order valence-electron chi connectivity index (χ3n) is 4.03. The van der Waals surface area contributed by atoms with Gasteiger partial charge in [-0.25, -0.2) is 0 Å². The van der Waals surface area contributed by atoms with Crippen molar-refractivity contribution in [3.8, 4) is 0 Å². The fourth-order valence-corrected chi connectivity index (χ4v) is 2.59. The van der Waals surface area contributed by atoms with Crippen LogP contribution in [0.1, 0.15) is 22.3 Å². The monoisotopic (exact) mass is 270 g/mol. The maximum atomic E-state index is 9.91. The molecule has 0 saturated carbocycles. The number of aryl methyl sites for hydroxylation is 2. The Hall–Kier alpha value is -1.64. The van der Waals surface area contributed by atoms with Crippen LogP contribution in [0, 0.1) is 13.8 Å². The number of rotatable bonds is 5. The molecule has 106 valence electrons. The minimum Gasteiger partial charge on any atom is -0.395 e. The van der Waals surface area contributed by atoms with Gasteiger partial charge in [0.15, 0.2) is 0 Å². The molecule has 0 spiro atoms. The molecule has 0 atom stereocenters. The third kappa shape index (κ3) is 2.92. The second-order valence-electron chi connectivity index (χ2n) is 5.57. The highest BCUT2D eigenvalue weighted by molar-refractivity contribution is 5.35. The van der Waals surface area contributed by atoms with Gasteiger partial charge < -0.3 is 10.2 Å². The second-order valence-corrected chi connectivity index (χ2v) is 5.57. The van der Waals surface area contributed by atoms with Crippen LogP contribution < -0.4 is 0 Å². The summed E-state index contributed by atoms with van der Waals surface area (Å²) in [6.45, 7) is 3.95. The van der Waals surface area contributed by atoms with Crippen molar-refractivity contribution in [3.63, 3.8) is 0 Å². The number of aliphatic hydroxyl groups excluding tert-OH is 2. The van der Waals surface area contributed by atoms with E-state index in [4.69, 9.17) is 0 Å². The first kappa shape index (κ1) is 14.8. The van der Waals surface area contributed by atoms with E-state index in [1.165, 1.54) is 5.56 Å². The van der Waals surface area contributed by atoms with Gasteiger partial charge in [0.1, 0.15) is 0 Å². The molecular weight excluding hydrogens is 248 g/mol. The number of hydrogen-bond acceptors (Lipinski definition) is 2. The maximum absolute atomic E-state index is 9.91. The van der Waals surface area contributed by atoms with Gasteiger partial charge in [-0.1, -0.05) is 54.1 Å². The van der Waals surface area contributed by atoms with Crippen molar-refractivity contribution in [2.75, 3.05) is 13.2 Å². The summed E-state index contributed by atoms with van der Waals surface area (Å²) in [5.74, 6) is 0. The van der Waals surface area contributed by atoms with Crippen molar-refractivity contribution in [2.45, 2.75) is 25.7 Å².